The van der Waals surface area contributed by atoms with Crippen LogP contribution in [0.4, 0.5) is 0 Å². The standard InChI is InChI=1S/C10H18N2O3/c1-6(7(2)15-3)11-8-4-5-9(13)12-10(8)14/h6-8,11H,4-5H2,1-3H3,(H,12,13,14). The number of methoxy groups -OCH3 is 1. The number of imide groups is 1. The Labute approximate surface area is 89.6 Å². The molecule has 0 aromatic carbocycles. The van der Waals surface area contributed by atoms with E-state index in [2.05, 4.69) is 10.6 Å². The molecule has 3 atom stereocenters. The third-order valence-corrected chi connectivity index (χ3v) is 2.78. The highest BCUT2D eigenvalue weighted by molar-refractivity contribution is 6.00. The first-order valence-corrected chi connectivity index (χ1v) is 5.17. The Kier molecular flexibility index (Phi) is 4.23. The van der Waals surface area contributed by atoms with Crippen LogP contribution in [0, 0.1) is 0 Å². The molecule has 5 nitrogen and oxygen atoms in total. The molecule has 0 saturated carbocycles. The number of hydrogen-bond donors (Lipinski definition) is 2. The van der Waals surface area contributed by atoms with Crippen molar-refractivity contribution in [1.82, 2.24) is 10.6 Å². The van der Waals surface area contributed by atoms with Crippen LogP contribution in [0.2, 0.25) is 0 Å². The average Bonchev–Trinajstić information content (AvgIpc) is 2.20. The summed E-state index contributed by atoms with van der Waals surface area (Å²) in [6, 6.07) is -0.200. The Morgan fingerprint density at radius 1 is 1.47 bits per heavy atom. The lowest BCUT2D eigenvalue weighted by Crippen LogP contribution is -2.54. The summed E-state index contributed by atoms with van der Waals surface area (Å²) < 4.78 is 5.15. The Morgan fingerprint density at radius 2 is 2.13 bits per heavy atom. The third kappa shape index (κ3) is 3.28. The maximum atomic E-state index is 11.4. The molecule has 0 aliphatic carbocycles. The normalized spacial score (nSPS) is 25.9. The fourth-order valence-corrected chi connectivity index (χ4v) is 1.51. The van der Waals surface area contributed by atoms with E-state index in [0.717, 1.165) is 0 Å². The Bertz CT molecular complexity index is 255. The lowest BCUT2D eigenvalue weighted by Gasteiger charge is -2.27. The highest BCUT2D eigenvalue weighted by atomic mass is 16.5. The number of rotatable bonds is 4. The van der Waals surface area contributed by atoms with Crippen molar-refractivity contribution in [3.63, 3.8) is 0 Å². The molecular formula is C10H18N2O3. The van der Waals surface area contributed by atoms with Gasteiger partial charge in [0.1, 0.15) is 0 Å². The topological polar surface area (TPSA) is 67.4 Å². The molecule has 1 aliphatic rings. The summed E-state index contributed by atoms with van der Waals surface area (Å²) in [7, 11) is 1.63. The number of piperidine rings is 1. The zero-order valence-corrected chi connectivity index (χ0v) is 9.37. The fourth-order valence-electron chi connectivity index (χ4n) is 1.51. The first-order chi connectivity index (χ1) is 7.04. The van der Waals surface area contributed by atoms with Crippen molar-refractivity contribution in [2.24, 2.45) is 0 Å². The van der Waals surface area contributed by atoms with Gasteiger partial charge in [0.15, 0.2) is 0 Å². The van der Waals surface area contributed by atoms with E-state index in [1.165, 1.54) is 0 Å². The van der Waals surface area contributed by atoms with Crippen molar-refractivity contribution in [2.75, 3.05) is 7.11 Å². The first-order valence-electron chi connectivity index (χ1n) is 5.17. The summed E-state index contributed by atoms with van der Waals surface area (Å²) in [4.78, 5) is 22.3. The van der Waals surface area contributed by atoms with Crippen molar-refractivity contribution >= 4 is 11.8 Å². The van der Waals surface area contributed by atoms with Crippen LogP contribution in [0.15, 0.2) is 0 Å². The molecule has 1 aliphatic heterocycles. The van der Waals surface area contributed by atoms with E-state index in [1.54, 1.807) is 7.11 Å². The van der Waals surface area contributed by atoms with E-state index in [9.17, 15) is 9.59 Å². The lowest BCUT2D eigenvalue weighted by atomic mass is 10.0. The van der Waals surface area contributed by atoms with Crippen molar-refractivity contribution in [3.05, 3.63) is 0 Å². The van der Waals surface area contributed by atoms with Gasteiger partial charge in [0.2, 0.25) is 11.8 Å². The molecular weight excluding hydrogens is 196 g/mol. The van der Waals surface area contributed by atoms with Gasteiger partial charge in [-0.2, -0.15) is 0 Å². The molecule has 1 fully saturated rings. The number of carbonyl (C=O) groups excluding carboxylic acids is 2. The average molecular weight is 214 g/mol. The minimum atomic E-state index is -0.282. The molecule has 0 aromatic heterocycles. The summed E-state index contributed by atoms with van der Waals surface area (Å²) in [5.74, 6) is -0.424. The molecule has 1 rings (SSSR count). The SMILES string of the molecule is COC(C)C(C)NC1CCC(=O)NC1=O. The van der Waals surface area contributed by atoms with Crippen molar-refractivity contribution in [3.8, 4) is 0 Å². The summed E-state index contributed by atoms with van der Waals surface area (Å²) in [6.45, 7) is 3.89. The fraction of sp³-hybridized carbons (Fsp3) is 0.800. The van der Waals surface area contributed by atoms with Crippen LogP contribution in [0.25, 0.3) is 0 Å². The predicted octanol–water partition coefficient (Wildman–Crippen LogP) is -0.195. The summed E-state index contributed by atoms with van der Waals surface area (Å²) >= 11 is 0. The second kappa shape index (κ2) is 5.23. The number of carbonyl (C=O) groups is 2. The Balaban J connectivity index is 2.44. The molecule has 1 heterocycles. The molecule has 0 spiro atoms. The highest BCUT2D eigenvalue weighted by Gasteiger charge is 2.28. The van der Waals surface area contributed by atoms with Gasteiger partial charge in [-0.05, 0) is 20.3 Å². The zero-order chi connectivity index (χ0) is 11.4. The van der Waals surface area contributed by atoms with Crippen molar-refractivity contribution in [2.45, 2.75) is 44.9 Å². The van der Waals surface area contributed by atoms with E-state index in [1.807, 2.05) is 13.8 Å². The molecule has 1 saturated heterocycles. The third-order valence-electron chi connectivity index (χ3n) is 2.78. The molecule has 0 aromatic rings. The molecule has 0 radical (unpaired) electrons. The van der Waals surface area contributed by atoms with Gasteiger partial charge in [-0.25, -0.2) is 0 Å². The summed E-state index contributed by atoms with van der Waals surface area (Å²) in [5, 5.41) is 5.46. The molecule has 2 amide bonds. The molecule has 3 unspecified atom stereocenters. The first kappa shape index (κ1) is 12.1. The lowest BCUT2D eigenvalue weighted by molar-refractivity contribution is -0.135. The Morgan fingerprint density at radius 3 is 2.67 bits per heavy atom. The zero-order valence-electron chi connectivity index (χ0n) is 9.37. The predicted molar refractivity (Wildman–Crippen MR) is 55.2 cm³/mol. The van der Waals surface area contributed by atoms with Gasteiger partial charge in [0.25, 0.3) is 0 Å². The molecule has 2 N–H and O–H groups in total. The van der Waals surface area contributed by atoms with Gasteiger partial charge in [0.05, 0.1) is 12.1 Å². The van der Waals surface area contributed by atoms with E-state index in [0.29, 0.717) is 12.8 Å². The summed E-state index contributed by atoms with van der Waals surface area (Å²) in [5.41, 5.74) is 0. The number of hydrogen-bond acceptors (Lipinski definition) is 4. The highest BCUT2D eigenvalue weighted by Crippen LogP contribution is 2.07. The van der Waals surface area contributed by atoms with Gasteiger partial charge in [-0.1, -0.05) is 0 Å². The van der Waals surface area contributed by atoms with Crippen molar-refractivity contribution in [1.29, 1.82) is 0 Å². The minimum Gasteiger partial charge on any atom is -0.380 e. The summed E-state index contributed by atoms with van der Waals surface area (Å²) in [6.07, 6.45) is 0.999. The molecule has 5 heteroatoms. The van der Waals surface area contributed by atoms with Crippen LogP contribution in [0.5, 0.6) is 0 Å². The Hall–Kier alpha value is -0.940. The van der Waals surface area contributed by atoms with Gasteiger partial charge >= 0.3 is 0 Å². The van der Waals surface area contributed by atoms with Gasteiger partial charge < -0.3 is 10.1 Å². The van der Waals surface area contributed by atoms with Crippen LogP contribution in [-0.2, 0) is 14.3 Å². The van der Waals surface area contributed by atoms with E-state index < -0.39 is 0 Å². The maximum Gasteiger partial charge on any atom is 0.243 e. The second-order valence-corrected chi connectivity index (χ2v) is 3.90. The van der Waals surface area contributed by atoms with E-state index in [-0.39, 0.29) is 30.0 Å². The maximum absolute atomic E-state index is 11.4. The van der Waals surface area contributed by atoms with Gasteiger partial charge in [0, 0.05) is 19.6 Å². The quantitative estimate of drug-likeness (QED) is 0.636. The van der Waals surface area contributed by atoms with E-state index in [4.69, 9.17) is 4.74 Å². The van der Waals surface area contributed by atoms with E-state index >= 15 is 0 Å². The van der Waals surface area contributed by atoms with Crippen LogP contribution in [-0.4, -0.2) is 37.1 Å². The molecule has 86 valence electrons. The number of nitrogens with one attached hydrogen (secondary N) is 2. The van der Waals surface area contributed by atoms with Crippen LogP contribution >= 0.6 is 0 Å². The smallest absolute Gasteiger partial charge is 0.243 e. The van der Waals surface area contributed by atoms with Crippen LogP contribution < -0.4 is 10.6 Å². The van der Waals surface area contributed by atoms with Gasteiger partial charge in [-0.3, -0.25) is 14.9 Å². The minimum absolute atomic E-state index is 0.0374. The monoisotopic (exact) mass is 214 g/mol. The van der Waals surface area contributed by atoms with Crippen LogP contribution in [0.3, 0.4) is 0 Å². The van der Waals surface area contributed by atoms with Crippen LogP contribution in [0.1, 0.15) is 26.7 Å². The number of amides is 2. The molecule has 15 heavy (non-hydrogen) atoms. The largest absolute Gasteiger partial charge is 0.380 e. The molecule has 0 bridgehead atoms. The number of ether oxygens (including phenoxy) is 1. The van der Waals surface area contributed by atoms with Crippen molar-refractivity contribution < 1.29 is 14.3 Å². The second-order valence-electron chi connectivity index (χ2n) is 3.90. The van der Waals surface area contributed by atoms with Gasteiger partial charge in [-0.15, -0.1) is 0 Å².